The fourth-order valence-corrected chi connectivity index (χ4v) is 10.00. The number of carbonyl (C=O) groups is 3. The third-order valence-corrected chi connectivity index (χ3v) is 12.2. The van der Waals surface area contributed by atoms with Gasteiger partial charge in [0, 0.05) is 18.9 Å². The van der Waals surface area contributed by atoms with Crippen LogP contribution in [0, 0.1) is 39.9 Å². The quantitative estimate of drug-likeness (QED) is 0.133. The minimum absolute atomic E-state index is 0.0449. The van der Waals surface area contributed by atoms with E-state index >= 15 is 0 Å². The summed E-state index contributed by atoms with van der Waals surface area (Å²) in [5.41, 5.74) is 2.61. The lowest BCUT2D eigenvalue weighted by atomic mass is 9.41. The zero-order valence-corrected chi connectivity index (χ0v) is 26.6. The van der Waals surface area contributed by atoms with Gasteiger partial charge in [0.15, 0.2) is 6.61 Å². The van der Waals surface area contributed by atoms with Crippen molar-refractivity contribution in [2.45, 2.75) is 143 Å². The first-order valence-corrected chi connectivity index (χ1v) is 16.7. The fourth-order valence-electron chi connectivity index (χ4n) is 10.00. The second kappa shape index (κ2) is 13.2. The van der Waals surface area contributed by atoms with Gasteiger partial charge < -0.3 is 15.2 Å². The Kier molecular flexibility index (Phi) is 10.3. The van der Waals surface area contributed by atoms with E-state index < -0.39 is 11.9 Å². The van der Waals surface area contributed by atoms with Crippen LogP contribution in [0.2, 0.25) is 0 Å². The average molecular weight is 572 g/mol. The first-order chi connectivity index (χ1) is 19.4. The van der Waals surface area contributed by atoms with Gasteiger partial charge in [-0.2, -0.15) is 0 Å². The molecule has 6 nitrogen and oxygen atoms in total. The molecule has 0 saturated heterocycles. The highest BCUT2D eigenvalue weighted by atomic mass is 16.5. The number of unbranched alkanes of at least 4 members (excludes halogenated alkanes) is 2. The molecule has 6 heteroatoms. The number of amides is 1. The number of ether oxygens (including phenoxy) is 1. The van der Waals surface area contributed by atoms with Gasteiger partial charge in [-0.25, -0.2) is 0 Å². The summed E-state index contributed by atoms with van der Waals surface area (Å²) in [7, 11) is 0. The average Bonchev–Trinajstić information content (AvgIpc) is 3.25. The second-order valence-corrected chi connectivity index (χ2v) is 15.2. The minimum Gasteiger partial charge on any atom is -0.481 e. The summed E-state index contributed by atoms with van der Waals surface area (Å²) in [5, 5.41) is 11.8. The molecule has 3 saturated carbocycles. The molecule has 3 fully saturated rings. The summed E-state index contributed by atoms with van der Waals surface area (Å²) >= 11 is 0. The Hall–Kier alpha value is -1.85. The van der Waals surface area contributed by atoms with Crippen LogP contribution in [0.3, 0.4) is 0 Å². The van der Waals surface area contributed by atoms with Crippen LogP contribution >= 0.6 is 0 Å². The van der Waals surface area contributed by atoms with Gasteiger partial charge in [0.2, 0.25) is 0 Å². The van der Waals surface area contributed by atoms with E-state index in [4.69, 9.17) is 9.84 Å². The molecule has 7 atom stereocenters. The molecular weight excluding hydrogens is 514 g/mol. The summed E-state index contributed by atoms with van der Waals surface area (Å²) < 4.78 is 5.15. The van der Waals surface area contributed by atoms with Crippen molar-refractivity contribution in [1.29, 1.82) is 0 Å². The first kappa shape index (κ1) is 32.1. The van der Waals surface area contributed by atoms with Crippen LogP contribution in [0.4, 0.5) is 0 Å². The maximum atomic E-state index is 12.6. The lowest BCUT2D eigenvalue weighted by Crippen LogP contribution is -2.56. The Labute approximate surface area is 248 Å². The van der Waals surface area contributed by atoms with E-state index in [1.54, 1.807) is 5.57 Å². The Morgan fingerprint density at radius 3 is 2.44 bits per heavy atom. The molecule has 0 aromatic rings. The van der Waals surface area contributed by atoms with Gasteiger partial charge in [0.25, 0.3) is 5.91 Å². The van der Waals surface area contributed by atoms with Crippen LogP contribution in [-0.2, 0) is 19.1 Å². The highest BCUT2D eigenvalue weighted by Crippen LogP contribution is 2.71. The van der Waals surface area contributed by atoms with Gasteiger partial charge in [0.05, 0.1) is 0 Å². The van der Waals surface area contributed by atoms with E-state index in [2.05, 4.69) is 46.0 Å². The molecule has 2 N–H and O–H groups in total. The number of allylic oxidation sites excluding steroid dienone is 1. The number of carbonyl (C=O) groups excluding carboxylic acids is 2. The molecule has 232 valence electrons. The summed E-state index contributed by atoms with van der Waals surface area (Å²) in [5.74, 6) is 1.69. The molecule has 41 heavy (non-hydrogen) atoms. The van der Waals surface area contributed by atoms with Gasteiger partial charge in [0.1, 0.15) is 0 Å². The molecule has 7 unspecified atom stereocenters. The second-order valence-electron chi connectivity index (χ2n) is 15.2. The Bertz CT molecular complexity index is 989. The fraction of sp³-hybridized carbons (Fsp3) is 0.857. The summed E-state index contributed by atoms with van der Waals surface area (Å²) in [6, 6.07) is 0.0935. The van der Waals surface area contributed by atoms with Gasteiger partial charge in [-0.05, 0) is 111 Å². The molecule has 0 aromatic carbocycles. The number of hydrogen-bond acceptors (Lipinski definition) is 4. The molecule has 0 aliphatic heterocycles. The van der Waals surface area contributed by atoms with Crippen LogP contribution in [0.1, 0.15) is 137 Å². The normalized spacial score (nSPS) is 36.1. The van der Waals surface area contributed by atoms with E-state index in [0.717, 1.165) is 37.0 Å². The van der Waals surface area contributed by atoms with Gasteiger partial charge >= 0.3 is 11.9 Å². The standard InChI is InChI=1S/C35H57NO5/c1-24(2)10-6-7-11-25-14-15-28-33(25,3)21-18-29-34(4)20-17-27(22-26(34)16-19-35(28,29)5)36-30(37)23-41-32(40)13-9-8-12-31(38)39/h16,24-25,27-29H,6-15,17-23H2,1-5H3,(H,36,37)(H,38,39). The van der Waals surface area contributed by atoms with Crippen molar-refractivity contribution >= 4 is 17.8 Å². The summed E-state index contributed by atoms with van der Waals surface area (Å²) in [6.07, 6.45) is 18.9. The van der Waals surface area contributed by atoms with Gasteiger partial charge in [-0.3, -0.25) is 14.4 Å². The van der Waals surface area contributed by atoms with Gasteiger partial charge in [-0.15, -0.1) is 0 Å². The highest BCUT2D eigenvalue weighted by Gasteiger charge is 2.63. The number of fused-ring (bicyclic) bond motifs is 5. The minimum atomic E-state index is -0.865. The Morgan fingerprint density at radius 2 is 1.71 bits per heavy atom. The van der Waals surface area contributed by atoms with Crippen molar-refractivity contribution in [2.75, 3.05) is 6.61 Å². The number of esters is 1. The molecule has 4 aliphatic carbocycles. The van der Waals surface area contributed by atoms with Crippen molar-refractivity contribution < 1.29 is 24.2 Å². The maximum Gasteiger partial charge on any atom is 0.306 e. The number of nitrogens with one attached hydrogen (secondary N) is 1. The number of aliphatic carboxylic acids is 1. The number of carboxylic acid groups (broad SMARTS) is 1. The van der Waals surface area contributed by atoms with E-state index in [-0.39, 0.29) is 36.8 Å². The molecule has 0 spiro atoms. The summed E-state index contributed by atoms with van der Waals surface area (Å²) in [4.78, 5) is 35.1. The zero-order valence-electron chi connectivity index (χ0n) is 26.6. The molecular formula is C35H57NO5. The molecule has 0 aromatic heterocycles. The largest absolute Gasteiger partial charge is 0.481 e. The van der Waals surface area contributed by atoms with Crippen molar-refractivity contribution in [2.24, 2.45) is 39.9 Å². The van der Waals surface area contributed by atoms with Crippen LogP contribution < -0.4 is 5.32 Å². The molecule has 4 rings (SSSR count). The van der Waals surface area contributed by atoms with Crippen LogP contribution in [-0.4, -0.2) is 35.6 Å². The SMILES string of the molecule is CC(C)CCCCC1CCC2C1(C)CCC1C3(C)CCC(NC(=O)COC(=O)CCCCC(=O)O)CC3=CCC12C. The van der Waals surface area contributed by atoms with Crippen LogP contribution in [0.5, 0.6) is 0 Å². The Balaban J connectivity index is 1.30. The molecule has 0 radical (unpaired) electrons. The zero-order chi connectivity index (χ0) is 29.8. The lowest BCUT2D eigenvalue weighted by Gasteiger charge is -2.63. The monoisotopic (exact) mass is 571 g/mol. The first-order valence-electron chi connectivity index (χ1n) is 16.7. The van der Waals surface area contributed by atoms with E-state index in [0.29, 0.717) is 29.6 Å². The Morgan fingerprint density at radius 1 is 0.951 bits per heavy atom. The highest BCUT2D eigenvalue weighted by molar-refractivity contribution is 5.80. The molecule has 0 bridgehead atoms. The maximum absolute atomic E-state index is 12.6. The molecule has 4 aliphatic rings. The van der Waals surface area contributed by atoms with Crippen molar-refractivity contribution in [3.05, 3.63) is 11.6 Å². The van der Waals surface area contributed by atoms with Crippen molar-refractivity contribution in [3.63, 3.8) is 0 Å². The van der Waals surface area contributed by atoms with Crippen molar-refractivity contribution in [3.8, 4) is 0 Å². The van der Waals surface area contributed by atoms with E-state index in [9.17, 15) is 14.4 Å². The molecule has 0 heterocycles. The predicted octanol–water partition coefficient (Wildman–Crippen LogP) is 7.84. The number of rotatable bonds is 13. The van der Waals surface area contributed by atoms with Crippen molar-refractivity contribution in [1.82, 2.24) is 5.32 Å². The van der Waals surface area contributed by atoms with E-state index in [1.807, 2.05) is 0 Å². The number of carboxylic acids is 1. The third-order valence-electron chi connectivity index (χ3n) is 12.2. The predicted molar refractivity (Wildman–Crippen MR) is 162 cm³/mol. The third kappa shape index (κ3) is 7.04. The smallest absolute Gasteiger partial charge is 0.306 e. The lowest BCUT2D eigenvalue weighted by molar-refractivity contribution is -0.149. The van der Waals surface area contributed by atoms with Crippen LogP contribution in [0.25, 0.3) is 0 Å². The number of hydrogen-bond donors (Lipinski definition) is 2. The van der Waals surface area contributed by atoms with Gasteiger partial charge in [-0.1, -0.05) is 65.5 Å². The topological polar surface area (TPSA) is 92.7 Å². The van der Waals surface area contributed by atoms with E-state index in [1.165, 1.54) is 57.8 Å². The molecule has 1 amide bonds. The summed E-state index contributed by atoms with van der Waals surface area (Å²) in [6.45, 7) is 12.2. The van der Waals surface area contributed by atoms with Crippen LogP contribution in [0.15, 0.2) is 11.6 Å².